The number of hydrogen-bond acceptors (Lipinski definition) is 3. The first kappa shape index (κ1) is 16.8. The van der Waals surface area contributed by atoms with Gasteiger partial charge in [-0.15, -0.1) is 0 Å². The van der Waals surface area contributed by atoms with Gasteiger partial charge in [-0.2, -0.15) is 0 Å². The number of rotatable bonds is 6. The van der Waals surface area contributed by atoms with Gasteiger partial charge in [0.1, 0.15) is 0 Å². The molecule has 2 N–H and O–H groups in total. The third-order valence-electron chi connectivity index (χ3n) is 3.71. The van der Waals surface area contributed by atoms with Crippen molar-refractivity contribution in [1.82, 2.24) is 15.1 Å². The third kappa shape index (κ3) is 5.36. The van der Waals surface area contributed by atoms with Crippen LogP contribution in [0.2, 0.25) is 0 Å². The van der Waals surface area contributed by atoms with Crippen molar-refractivity contribution in [2.45, 2.75) is 27.2 Å². The van der Waals surface area contributed by atoms with Crippen LogP contribution >= 0.6 is 0 Å². The molecule has 1 rings (SSSR count). The number of hydrogen-bond donors (Lipinski definition) is 2. The van der Waals surface area contributed by atoms with Crippen LogP contribution in [0.3, 0.4) is 0 Å². The van der Waals surface area contributed by atoms with Gasteiger partial charge < -0.3 is 20.2 Å². The van der Waals surface area contributed by atoms with Crippen LogP contribution in [-0.2, 0) is 4.79 Å². The molecule has 20 heavy (non-hydrogen) atoms. The van der Waals surface area contributed by atoms with Crippen molar-refractivity contribution in [2.75, 3.05) is 39.3 Å². The maximum Gasteiger partial charge on any atom is 0.317 e. The van der Waals surface area contributed by atoms with E-state index in [-0.39, 0.29) is 12.6 Å². The van der Waals surface area contributed by atoms with Gasteiger partial charge in [0.15, 0.2) is 0 Å². The summed E-state index contributed by atoms with van der Waals surface area (Å²) in [5, 5.41) is 11.9. The van der Waals surface area contributed by atoms with Crippen LogP contribution < -0.4 is 5.32 Å². The number of carboxylic acid groups (broad SMARTS) is 1. The van der Waals surface area contributed by atoms with Crippen LogP contribution in [-0.4, -0.2) is 66.2 Å². The molecule has 0 saturated carbocycles. The maximum atomic E-state index is 12.0. The highest BCUT2D eigenvalue weighted by molar-refractivity contribution is 5.76. The van der Waals surface area contributed by atoms with Gasteiger partial charge in [0.25, 0.3) is 0 Å². The first-order valence-electron chi connectivity index (χ1n) is 7.42. The SMILES string of the molecule is CCN1CCN(C(=O)NCC(CC(C)C)C(=O)O)CC1. The molecular formula is C14H27N3O3. The molecule has 1 aliphatic heterocycles. The summed E-state index contributed by atoms with van der Waals surface area (Å²) in [6.45, 7) is 10.5. The van der Waals surface area contributed by atoms with E-state index in [0.717, 1.165) is 19.6 Å². The largest absolute Gasteiger partial charge is 0.481 e. The Hall–Kier alpha value is -1.30. The van der Waals surface area contributed by atoms with Gasteiger partial charge >= 0.3 is 12.0 Å². The lowest BCUT2D eigenvalue weighted by Crippen LogP contribution is -2.52. The zero-order chi connectivity index (χ0) is 15.1. The lowest BCUT2D eigenvalue weighted by Gasteiger charge is -2.34. The molecule has 6 heteroatoms. The van der Waals surface area contributed by atoms with Crippen molar-refractivity contribution in [3.8, 4) is 0 Å². The van der Waals surface area contributed by atoms with Gasteiger partial charge in [-0.3, -0.25) is 4.79 Å². The van der Waals surface area contributed by atoms with Gasteiger partial charge in [-0.05, 0) is 18.9 Å². The van der Waals surface area contributed by atoms with E-state index in [0.29, 0.717) is 25.4 Å². The minimum absolute atomic E-state index is 0.143. The van der Waals surface area contributed by atoms with Gasteiger partial charge in [0.2, 0.25) is 0 Å². The van der Waals surface area contributed by atoms with E-state index in [4.69, 9.17) is 5.11 Å². The van der Waals surface area contributed by atoms with Crippen LogP contribution in [0, 0.1) is 11.8 Å². The molecule has 0 spiro atoms. The van der Waals surface area contributed by atoms with Crippen LogP contribution in [0.4, 0.5) is 4.79 Å². The highest BCUT2D eigenvalue weighted by Crippen LogP contribution is 2.11. The highest BCUT2D eigenvalue weighted by atomic mass is 16.4. The van der Waals surface area contributed by atoms with Gasteiger partial charge in [-0.1, -0.05) is 20.8 Å². The molecule has 1 saturated heterocycles. The fourth-order valence-corrected chi connectivity index (χ4v) is 2.43. The Morgan fingerprint density at radius 3 is 2.25 bits per heavy atom. The molecule has 0 aromatic carbocycles. The molecule has 0 bridgehead atoms. The number of nitrogens with zero attached hydrogens (tertiary/aromatic N) is 2. The Morgan fingerprint density at radius 2 is 1.80 bits per heavy atom. The lowest BCUT2D eigenvalue weighted by molar-refractivity contribution is -0.142. The molecule has 1 atom stereocenters. The second-order valence-corrected chi connectivity index (χ2v) is 5.77. The van der Waals surface area contributed by atoms with Gasteiger partial charge in [-0.25, -0.2) is 4.79 Å². The number of carbonyl (C=O) groups excluding carboxylic acids is 1. The van der Waals surface area contributed by atoms with Gasteiger partial charge in [0, 0.05) is 32.7 Å². The summed E-state index contributed by atoms with van der Waals surface area (Å²) >= 11 is 0. The quantitative estimate of drug-likeness (QED) is 0.766. The van der Waals surface area contributed by atoms with E-state index < -0.39 is 11.9 Å². The molecule has 0 radical (unpaired) electrons. The first-order chi connectivity index (χ1) is 9.43. The molecule has 1 fully saturated rings. The lowest BCUT2D eigenvalue weighted by atomic mass is 9.97. The van der Waals surface area contributed by atoms with Crippen molar-refractivity contribution < 1.29 is 14.7 Å². The van der Waals surface area contributed by atoms with E-state index in [1.807, 2.05) is 13.8 Å². The number of amides is 2. The number of carbonyl (C=O) groups is 2. The Balaban J connectivity index is 2.36. The average Bonchev–Trinajstić information content (AvgIpc) is 2.42. The fourth-order valence-electron chi connectivity index (χ4n) is 2.43. The molecule has 1 aliphatic rings. The predicted molar refractivity (Wildman–Crippen MR) is 77.7 cm³/mol. The van der Waals surface area contributed by atoms with E-state index in [1.54, 1.807) is 4.90 Å². The molecule has 0 aromatic heterocycles. The smallest absolute Gasteiger partial charge is 0.317 e. The maximum absolute atomic E-state index is 12.0. The molecule has 0 aliphatic carbocycles. The molecular weight excluding hydrogens is 258 g/mol. The van der Waals surface area contributed by atoms with Crippen LogP contribution in [0.15, 0.2) is 0 Å². The van der Waals surface area contributed by atoms with E-state index in [9.17, 15) is 9.59 Å². The zero-order valence-corrected chi connectivity index (χ0v) is 12.8. The van der Waals surface area contributed by atoms with Crippen molar-refractivity contribution in [1.29, 1.82) is 0 Å². The predicted octanol–water partition coefficient (Wildman–Crippen LogP) is 1.08. The number of urea groups is 1. The molecule has 1 unspecified atom stereocenters. The Labute approximate surface area is 121 Å². The molecule has 2 amide bonds. The Bertz CT molecular complexity index is 326. The Kier molecular flexibility index (Phi) is 6.78. The van der Waals surface area contributed by atoms with Crippen LogP contribution in [0.5, 0.6) is 0 Å². The minimum Gasteiger partial charge on any atom is -0.481 e. The number of nitrogens with one attached hydrogen (secondary N) is 1. The van der Waals surface area contributed by atoms with Crippen LogP contribution in [0.25, 0.3) is 0 Å². The number of likely N-dealkylation sites (N-methyl/N-ethyl adjacent to an activating group) is 1. The van der Waals surface area contributed by atoms with E-state index in [2.05, 4.69) is 17.1 Å². The fraction of sp³-hybridized carbons (Fsp3) is 0.857. The molecule has 116 valence electrons. The van der Waals surface area contributed by atoms with Crippen LogP contribution in [0.1, 0.15) is 27.2 Å². The van der Waals surface area contributed by atoms with E-state index >= 15 is 0 Å². The van der Waals surface area contributed by atoms with Crippen molar-refractivity contribution >= 4 is 12.0 Å². The Morgan fingerprint density at radius 1 is 1.20 bits per heavy atom. The summed E-state index contributed by atoms with van der Waals surface area (Å²) in [7, 11) is 0. The number of carboxylic acids is 1. The second-order valence-electron chi connectivity index (χ2n) is 5.77. The van der Waals surface area contributed by atoms with Crippen molar-refractivity contribution in [2.24, 2.45) is 11.8 Å². The average molecular weight is 285 g/mol. The minimum atomic E-state index is -0.838. The summed E-state index contributed by atoms with van der Waals surface area (Å²) in [5.41, 5.74) is 0. The molecule has 0 aromatic rings. The van der Waals surface area contributed by atoms with Crippen molar-refractivity contribution in [3.63, 3.8) is 0 Å². The van der Waals surface area contributed by atoms with E-state index in [1.165, 1.54) is 0 Å². The normalized spacial score (nSPS) is 18.1. The summed E-state index contributed by atoms with van der Waals surface area (Å²) in [6.07, 6.45) is 0.583. The van der Waals surface area contributed by atoms with Gasteiger partial charge in [0.05, 0.1) is 5.92 Å². The number of piperazine rings is 1. The first-order valence-corrected chi connectivity index (χ1v) is 7.42. The summed E-state index contributed by atoms with van der Waals surface area (Å²) in [6, 6.07) is -0.143. The summed E-state index contributed by atoms with van der Waals surface area (Å²) in [4.78, 5) is 27.2. The standard InChI is InChI=1S/C14H27N3O3/c1-4-16-5-7-17(8-6-16)14(20)15-10-12(13(18)19)9-11(2)3/h11-12H,4-10H2,1-3H3,(H,15,20)(H,18,19). The summed E-state index contributed by atoms with van der Waals surface area (Å²) in [5.74, 6) is -1.04. The highest BCUT2D eigenvalue weighted by Gasteiger charge is 2.23. The zero-order valence-electron chi connectivity index (χ0n) is 12.8. The monoisotopic (exact) mass is 285 g/mol. The topological polar surface area (TPSA) is 72.9 Å². The molecule has 6 nitrogen and oxygen atoms in total. The summed E-state index contributed by atoms with van der Waals surface area (Å²) < 4.78 is 0. The number of aliphatic carboxylic acids is 1. The van der Waals surface area contributed by atoms with Crippen molar-refractivity contribution in [3.05, 3.63) is 0 Å². The molecule has 1 heterocycles. The second kappa shape index (κ2) is 8.09. The third-order valence-corrected chi connectivity index (χ3v) is 3.71.